The topological polar surface area (TPSA) is 8.17 Å². The van der Waals surface area contributed by atoms with Gasteiger partial charge in [0.1, 0.15) is 0 Å². The maximum atomic E-state index is 2.52. The first-order valence-electron chi connectivity index (χ1n) is 26.7. The van der Waals surface area contributed by atoms with Gasteiger partial charge in [-0.3, -0.25) is 0 Å². The standard InChI is InChI=1S/C74H50N2/c1-73(2)63-24-10-6-20-57(63)59-42-40-55(46-67(59)73)75(69-28-13-8-19-56(69)49-33-31-48(32-34-49)47-17-4-3-5-18-47)54-39-37-51-43-50(35-36-52(51)44-54)53-38-41-60-58-21-7-11-25-64(58)74(68(60)45-53)65-26-12-15-30-71(65)76-70-29-14-9-22-61(70)62-23-16-27-66(74)72(62)76/h3-46H,1-2H3. The Morgan fingerprint density at radius 1 is 0.316 bits per heavy atom. The first-order valence-corrected chi connectivity index (χ1v) is 26.7. The van der Waals surface area contributed by atoms with E-state index in [2.05, 4.69) is 290 Å². The predicted molar refractivity (Wildman–Crippen MR) is 318 cm³/mol. The van der Waals surface area contributed by atoms with Gasteiger partial charge >= 0.3 is 0 Å². The molecule has 0 radical (unpaired) electrons. The summed E-state index contributed by atoms with van der Waals surface area (Å²) < 4.78 is 2.52. The highest BCUT2D eigenvalue weighted by Crippen LogP contribution is 2.61. The molecule has 356 valence electrons. The fraction of sp³-hybridized carbons (Fsp3) is 0.0541. The van der Waals surface area contributed by atoms with Gasteiger partial charge in [0.05, 0.1) is 27.8 Å². The number of rotatable bonds is 6. The van der Waals surface area contributed by atoms with Crippen molar-refractivity contribution in [1.82, 2.24) is 4.57 Å². The largest absolute Gasteiger partial charge is 0.310 e. The van der Waals surface area contributed by atoms with Gasteiger partial charge in [-0.2, -0.15) is 0 Å². The molecule has 1 atom stereocenters. The van der Waals surface area contributed by atoms with Gasteiger partial charge in [0.2, 0.25) is 0 Å². The van der Waals surface area contributed by atoms with Crippen molar-refractivity contribution >= 4 is 49.6 Å². The molecule has 1 aromatic heterocycles. The Hall–Kier alpha value is -9.50. The maximum Gasteiger partial charge on any atom is 0.0754 e. The van der Waals surface area contributed by atoms with Crippen LogP contribution >= 0.6 is 0 Å². The molecule has 13 aromatic rings. The number of nitrogens with zero attached hydrogens (tertiary/aromatic N) is 2. The van der Waals surface area contributed by atoms with Crippen LogP contribution in [0.4, 0.5) is 17.1 Å². The third-order valence-electron chi connectivity index (χ3n) is 17.4. The summed E-state index contributed by atoms with van der Waals surface area (Å²) in [5.41, 5.74) is 27.0. The van der Waals surface area contributed by atoms with Crippen molar-refractivity contribution in [2.75, 3.05) is 4.90 Å². The zero-order valence-corrected chi connectivity index (χ0v) is 42.3. The van der Waals surface area contributed by atoms with Gasteiger partial charge < -0.3 is 9.47 Å². The van der Waals surface area contributed by atoms with Crippen LogP contribution in [-0.2, 0) is 10.8 Å². The Morgan fingerprint density at radius 3 is 1.71 bits per heavy atom. The van der Waals surface area contributed by atoms with E-state index in [0.717, 1.165) is 17.1 Å². The van der Waals surface area contributed by atoms with E-state index in [1.54, 1.807) is 0 Å². The zero-order chi connectivity index (χ0) is 50.3. The van der Waals surface area contributed by atoms with E-state index in [9.17, 15) is 0 Å². The predicted octanol–water partition coefficient (Wildman–Crippen LogP) is 19.4. The van der Waals surface area contributed by atoms with Crippen molar-refractivity contribution in [3.8, 4) is 61.3 Å². The van der Waals surface area contributed by atoms with Crippen LogP contribution in [0.3, 0.4) is 0 Å². The molecule has 0 N–H and O–H groups in total. The summed E-state index contributed by atoms with van der Waals surface area (Å²) in [7, 11) is 0. The van der Waals surface area contributed by atoms with Crippen LogP contribution in [0, 0.1) is 0 Å². The molecule has 0 bridgehead atoms. The van der Waals surface area contributed by atoms with E-state index < -0.39 is 5.41 Å². The van der Waals surface area contributed by atoms with Gasteiger partial charge in [-0.25, -0.2) is 0 Å². The molecule has 0 amide bonds. The normalized spacial score (nSPS) is 15.1. The molecule has 12 aromatic carbocycles. The molecule has 0 fully saturated rings. The third-order valence-corrected chi connectivity index (χ3v) is 17.4. The minimum Gasteiger partial charge on any atom is -0.310 e. The highest BCUT2D eigenvalue weighted by Gasteiger charge is 2.51. The molecule has 1 spiro atoms. The SMILES string of the molecule is CC1(C)c2ccccc2-c2ccc(N(c3ccc4cc(-c5ccc6c(c5)C5(c7ccccc7-6)c6ccccc6-n6c7ccccc7c7cccc5c76)ccc4c3)c3ccccc3-c3ccc(-c4ccccc4)cc3)cc21. The van der Waals surface area contributed by atoms with E-state index in [1.807, 2.05) is 0 Å². The molecule has 2 nitrogen and oxygen atoms in total. The fourth-order valence-electron chi connectivity index (χ4n) is 13.9. The second kappa shape index (κ2) is 16.0. The molecule has 76 heavy (non-hydrogen) atoms. The molecule has 0 saturated carbocycles. The molecule has 3 aliphatic rings. The molecular formula is C74H50N2. The average Bonchev–Trinajstić information content (AvgIpc) is 4.25. The van der Waals surface area contributed by atoms with Crippen LogP contribution in [0.5, 0.6) is 0 Å². The van der Waals surface area contributed by atoms with Crippen LogP contribution in [0.2, 0.25) is 0 Å². The number of benzene rings is 12. The second-order valence-corrected chi connectivity index (χ2v) is 21.6. The van der Waals surface area contributed by atoms with Crippen molar-refractivity contribution < 1.29 is 0 Å². The van der Waals surface area contributed by atoms with Crippen molar-refractivity contribution in [1.29, 1.82) is 0 Å². The monoisotopic (exact) mass is 966 g/mol. The van der Waals surface area contributed by atoms with Crippen molar-refractivity contribution in [2.45, 2.75) is 24.7 Å². The Morgan fingerprint density at radius 2 is 0.855 bits per heavy atom. The minimum atomic E-state index is -0.507. The van der Waals surface area contributed by atoms with Crippen molar-refractivity contribution in [2.24, 2.45) is 0 Å². The van der Waals surface area contributed by atoms with Gasteiger partial charge in [-0.15, -0.1) is 0 Å². The number of hydrogen-bond donors (Lipinski definition) is 0. The first kappa shape index (κ1) is 43.0. The molecule has 2 heterocycles. The van der Waals surface area contributed by atoms with Crippen LogP contribution in [-0.4, -0.2) is 4.57 Å². The lowest BCUT2D eigenvalue weighted by Gasteiger charge is -2.39. The number of para-hydroxylation sites is 4. The van der Waals surface area contributed by atoms with Crippen LogP contribution in [0.25, 0.3) is 93.9 Å². The molecule has 2 aliphatic carbocycles. The van der Waals surface area contributed by atoms with E-state index in [4.69, 9.17) is 0 Å². The zero-order valence-electron chi connectivity index (χ0n) is 42.3. The third kappa shape index (κ3) is 5.93. The van der Waals surface area contributed by atoms with Crippen LogP contribution < -0.4 is 4.90 Å². The number of fused-ring (bicyclic) bond motifs is 16. The molecule has 1 aliphatic heterocycles. The molecule has 2 heteroatoms. The molecule has 16 rings (SSSR count). The summed E-state index contributed by atoms with van der Waals surface area (Å²) >= 11 is 0. The number of anilines is 3. The summed E-state index contributed by atoms with van der Waals surface area (Å²) in [6.45, 7) is 4.74. The van der Waals surface area contributed by atoms with Crippen LogP contribution in [0.15, 0.2) is 267 Å². The molecule has 0 saturated heterocycles. The summed E-state index contributed by atoms with van der Waals surface area (Å²) in [4.78, 5) is 2.48. The van der Waals surface area contributed by atoms with Crippen molar-refractivity contribution in [3.05, 3.63) is 300 Å². The Bertz CT molecular complexity index is 4550. The van der Waals surface area contributed by atoms with E-state index >= 15 is 0 Å². The highest BCUT2D eigenvalue weighted by molar-refractivity contribution is 6.13. The van der Waals surface area contributed by atoms with E-state index in [1.165, 1.54) is 127 Å². The highest BCUT2D eigenvalue weighted by atomic mass is 15.1. The maximum absolute atomic E-state index is 2.52. The quantitative estimate of drug-likeness (QED) is 0.161. The Balaban J connectivity index is 0.843. The van der Waals surface area contributed by atoms with Crippen LogP contribution in [0.1, 0.15) is 47.2 Å². The van der Waals surface area contributed by atoms with Gasteiger partial charge in [0, 0.05) is 33.1 Å². The lowest BCUT2D eigenvalue weighted by atomic mass is 9.65. The summed E-state index contributed by atoms with van der Waals surface area (Å²) in [5, 5.41) is 4.97. The minimum absolute atomic E-state index is 0.145. The molecular weight excluding hydrogens is 917 g/mol. The van der Waals surface area contributed by atoms with Crippen molar-refractivity contribution in [3.63, 3.8) is 0 Å². The summed E-state index contributed by atoms with van der Waals surface area (Å²) in [5.74, 6) is 0. The van der Waals surface area contributed by atoms with Gasteiger partial charge in [0.25, 0.3) is 0 Å². The van der Waals surface area contributed by atoms with Gasteiger partial charge in [0.15, 0.2) is 0 Å². The number of hydrogen-bond acceptors (Lipinski definition) is 1. The second-order valence-electron chi connectivity index (χ2n) is 21.6. The van der Waals surface area contributed by atoms with E-state index in [-0.39, 0.29) is 5.41 Å². The summed E-state index contributed by atoms with van der Waals surface area (Å²) in [6.07, 6.45) is 0. The smallest absolute Gasteiger partial charge is 0.0754 e. The average molecular weight is 967 g/mol. The summed E-state index contributed by atoms with van der Waals surface area (Å²) in [6, 6.07) is 100. The first-order chi connectivity index (χ1) is 37.4. The number of aromatic nitrogens is 1. The fourth-order valence-corrected chi connectivity index (χ4v) is 13.9. The molecule has 1 unspecified atom stereocenters. The van der Waals surface area contributed by atoms with Gasteiger partial charge in [-0.05, 0) is 149 Å². The Kier molecular flexibility index (Phi) is 9.04. The van der Waals surface area contributed by atoms with Gasteiger partial charge in [-0.1, -0.05) is 226 Å². The lowest BCUT2D eigenvalue weighted by molar-refractivity contribution is 0.660. The Labute approximate surface area is 443 Å². The van der Waals surface area contributed by atoms with E-state index in [0.29, 0.717) is 0 Å². The lowest BCUT2D eigenvalue weighted by Crippen LogP contribution is -2.33.